The summed E-state index contributed by atoms with van der Waals surface area (Å²) in [6.45, 7) is 4.13. The van der Waals surface area contributed by atoms with Gasteiger partial charge in [0.2, 0.25) is 5.91 Å². The summed E-state index contributed by atoms with van der Waals surface area (Å²) in [5, 5.41) is 17.1. The SMILES string of the molecule is CCC(=O)N[C@@H](Cc1cc(F)cc(F)c1)[C@H](O)CN[C@H]1CCCc2ccc(CC)cc21. The van der Waals surface area contributed by atoms with E-state index >= 15 is 0 Å². The normalized spacial score (nSPS) is 17.6. The summed E-state index contributed by atoms with van der Waals surface area (Å²) in [4.78, 5) is 12.0. The lowest BCUT2D eigenvalue weighted by Gasteiger charge is -2.30. The van der Waals surface area contributed by atoms with Crippen LogP contribution in [0.1, 0.15) is 61.4 Å². The fourth-order valence-corrected chi connectivity index (χ4v) is 4.26. The van der Waals surface area contributed by atoms with E-state index < -0.39 is 23.8 Å². The molecular formula is C25H32F2N2O2. The molecule has 3 rings (SSSR count). The van der Waals surface area contributed by atoms with E-state index in [0.29, 0.717) is 5.56 Å². The highest BCUT2D eigenvalue weighted by Crippen LogP contribution is 2.30. The number of hydrogen-bond donors (Lipinski definition) is 3. The second-order valence-corrected chi connectivity index (χ2v) is 8.32. The molecule has 0 saturated carbocycles. The Bertz CT molecular complexity index is 883. The van der Waals surface area contributed by atoms with Crippen LogP contribution in [0.5, 0.6) is 0 Å². The van der Waals surface area contributed by atoms with Crippen LogP contribution < -0.4 is 10.6 Å². The molecular weight excluding hydrogens is 398 g/mol. The summed E-state index contributed by atoms with van der Waals surface area (Å²) >= 11 is 0. The highest BCUT2D eigenvalue weighted by atomic mass is 19.1. The van der Waals surface area contributed by atoms with E-state index in [0.717, 1.165) is 31.7 Å². The number of aliphatic hydroxyl groups is 1. The van der Waals surface area contributed by atoms with Crippen LogP contribution in [0.4, 0.5) is 8.78 Å². The van der Waals surface area contributed by atoms with Crippen LogP contribution in [0.2, 0.25) is 0 Å². The van der Waals surface area contributed by atoms with E-state index in [1.807, 2.05) is 0 Å². The van der Waals surface area contributed by atoms with Crippen LogP contribution in [0.15, 0.2) is 36.4 Å². The van der Waals surface area contributed by atoms with E-state index in [1.165, 1.54) is 28.8 Å². The zero-order chi connectivity index (χ0) is 22.4. The predicted octanol–water partition coefficient (Wildman–Crippen LogP) is 3.99. The molecule has 0 aliphatic heterocycles. The van der Waals surface area contributed by atoms with Gasteiger partial charge in [-0.3, -0.25) is 4.79 Å². The molecule has 0 spiro atoms. The van der Waals surface area contributed by atoms with Gasteiger partial charge in [-0.15, -0.1) is 0 Å². The zero-order valence-corrected chi connectivity index (χ0v) is 18.3. The molecule has 1 amide bonds. The number of amides is 1. The maximum absolute atomic E-state index is 13.6. The van der Waals surface area contributed by atoms with Crippen LogP contribution in [-0.2, 0) is 24.1 Å². The third-order valence-corrected chi connectivity index (χ3v) is 6.02. The number of hydrogen-bond acceptors (Lipinski definition) is 3. The molecule has 0 bridgehead atoms. The molecule has 3 atom stereocenters. The molecule has 6 heteroatoms. The van der Waals surface area contributed by atoms with E-state index in [-0.39, 0.29) is 31.3 Å². The Labute approximate surface area is 183 Å². The minimum Gasteiger partial charge on any atom is -0.390 e. The van der Waals surface area contributed by atoms with Crippen LogP contribution in [0.25, 0.3) is 0 Å². The highest BCUT2D eigenvalue weighted by Gasteiger charge is 2.25. The van der Waals surface area contributed by atoms with Crippen molar-refractivity contribution in [3.8, 4) is 0 Å². The average molecular weight is 431 g/mol. The van der Waals surface area contributed by atoms with Gasteiger partial charge in [-0.1, -0.05) is 32.0 Å². The molecule has 0 unspecified atom stereocenters. The Morgan fingerprint density at radius 2 is 1.87 bits per heavy atom. The summed E-state index contributed by atoms with van der Waals surface area (Å²) in [5.74, 6) is -1.56. The highest BCUT2D eigenvalue weighted by molar-refractivity contribution is 5.75. The molecule has 1 aliphatic carbocycles. The lowest BCUT2D eigenvalue weighted by molar-refractivity contribution is -0.122. The van der Waals surface area contributed by atoms with Crippen LogP contribution in [0, 0.1) is 11.6 Å². The quantitative estimate of drug-likeness (QED) is 0.564. The number of carbonyl (C=O) groups excluding carboxylic acids is 1. The van der Waals surface area contributed by atoms with Gasteiger partial charge in [0.05, 0.1) is 12.1 Å². The zero-order valence-electron chi connectivity index (χ0n) is 18.3. The van der Waals surface area contributed by atoms with Crippen molar-refractivity contribution >= 4 is 5.91 Å². The Morgan fingerprint density at radius 1 is 1.13 bits per heavy atom. The van der Waals surface area contributed by atoms with Crippen molar-refractivity contribution in [1.82, 2.24) is 10.6 Å². The van der Waals surface area contributed by atoms with Crippen LogP contribution in [0.3, 0.4) is 0 Å². The third-order valence-electron chi connectivity index (χ3n) is 6.02. The van der Waals surface area contributed by atoms with Crippen molar-refractivity contribution in [3.63, 3.8) is 0 Å². The molecule has 1 aliphatic rings. The first-order valence-electron chi connectivity index (χ1n) is 11.2. The molecule has 2 aromatic carbocycles. The number of carbonyl (C=O) groups is 1. The number of aryl methyl sites for hydroxylation is 2. The molecule has 0 radical (unpaired) electrons. The lowest BCUT2D eigenvalue weighted by Crippen LogP contribution is -2.49. The Kier molecular flexibility index (Phi) is 8.15. The molecule has 168 valence electrons. The van der Waals surface area contributed by atoms with Crippen molar-refractivity contribution in [3.05, 3.63) is 70.3 Å². The minimum absolute atomic E-state index is 0.138. The number of aliphatic hydroxyl groups excluding tert-OH is 1. The molecule has 0 aromatic heterocycles. The number of benzene rings is 2. The Hall–Kier alpha value is -2.31. The third kappa shape index (κ3) is 6.34. The first-order valence-corrected chi connectivity index (χ1v) is 11.2. The van der Waals surface area contributed by atoms with Crippen LogP contribution in [-0.4, -0.2) is 29.7 Å². The summed E-state index contributed by atoms with van der Waals surface area (Å²) in [6, 6.07) is 9.38. The number of halogens is 2. The Balaban J connectivity index is 1.70. The van der Waals surface area contributed by atoms with E-state index in [2.05, 4.69) is 35.8 Å². The van der Waals surface area contributed by atoms with Gasteiger partial charge in [-0.05, 0) is 66.5 Å². The van der Waals surface area contributed by atoms with Gasteiger partial charge in [0, 0.05) is 25.1 Å². The summed E-state index contributed by atoms with van der Waals surface area (Å²) in [6.07, 6.45) is 3.59. The number of rotatable bonds is 9. The van der Waals surface area contributed by atoms with Crippen molar-refractivity contribution in [1.29, 1.82) is 0 Å². The summed E-state index contributed by atoms with van der Waals surface area (Å²) < 4.78 is 27.2. The largest absolute Gasteiger partial charge is 0.390 e. The fourth-order valence-electron chi connectivity index (χ4n) is 4.26. The van der Waals surface area contributed by atoms with E-state index in [4.69, 9.17) is 0 Å². The molecule has 4 nitrogen and oxygen atoms in total. The average Bonchev–Trinajstić information content (AvgIpc) is 2.75. The molecule has 0 saturated heterocycles. The van der Waals surface area contributed by atoms with Gasteiger partial charge in [0.25, 0.3) is 0 Å². The molecule has 31 heavy (non-hydrogen) atoms. The maximum atomic E-state index is 13.6. The van der Waals surface area contributed by atoms with Crippen molar-refractivity contribution < 1.29 is 18.7 Å². The fraction of sp³-hybridized carbons (Fsp3) is 0.480. The first kappa shape index (κ1) is 23.4. The molecule has 0 heterocycles. The van der Waals surface area contributed by atoms with Gasteiger partial charge >= 0.3 is 0 Å². The minimum atomic E-state index is -0.901. The van der Waals surface area contributed by atoms with Crippen molar-refractivity contribution in [2.24, 2.45) is 0 Å². The molecule has 3 N–H and O–H groups in total. The second-order valence-electron chi connectivity index (χ2n) is 8.32. The Morgan fingerprint density at radius 3 is 2.55 bits per heavy atom. The standard InChI is InChI=1S/C25H32F2N2O2/c1-3-16-8-9-18-6-5-7-22(21(18)12-16)28-15-24(30)23(29-25(31)4-2)13-17-10-19(26)14-20(27)11-17/h8-12,14,22-24,28,30H,3-7,13,15H2,1-2H3,(H,29,31)/t22-,23-,24+/m0/s1. The predicted molar refractivity (Wildman–Crippen MR) is 118 cm³/mol. The van der Waals surface area contributed by atoms with Gasteiger partial charge < -0.3 is 15.7 Å². The second kappa shape index (κ2) is 10.8. The van der Waals surface area contributed by atoms with Gasteiger partial charge in [-0.25, -0.2) is 8.78 Å². The lowest BCUT2D eigenvalue weighted by atomic mass is 9.86. The van der Waals surface area contributed by atoms with Crippen LogP contribution >= 0.6 is 0 Å². The number of nitrogens with one attached hydrogen (secondary N) is 2. The molecule has 2 aromatic rings. The summed E-state index contributed by atoms with van der Waals surface area (Å²) in [5.41, 5.74) is 4.29. The smallest absolute Gasteiger partial charge is 0.220 e. The monoisotopic (exact) mass is 430 g/mol. The number of fused-ring (bicyclic) bond motifs is 1. The van der Waals surface area contributed by atoms with Crippen molar-refractivity contribution in [2.75, 3.05) is 6.54 Å². The van der Waals surface area contributed by atoms with Gasteiger partial charge in [0.1, 0.15) is 11.6 Å². The maximum Gasteiger partial charge on any atom is 0.220 e. The topological polar surface area (TPSA) is 61.4 Å². The summed E-state index contributed by atoms with van der Waals surface area (Å²) in [7, 11) is 0. The van der Waals surface area contributed by atoms with E-state index in [1.54, 1.807) is 6.92 Å². The van der Waals surface area contributed by atoms with Crippen molar-refractivity contribution in [2.45, 2.75) is 70.6 Å². The van der Waals surface area contributed by atoms with E-state index in [9.17, 15) is 18.7 Å². The van der Waals surface area contributed by atoms with Gasteiger partial charge in [-0.2, -0.15) is 0 Å². The first-order chi connectivity index (χ1) is 14.9. The van der Waals surface area contributed by atoms with Gasteiger partial charge in [0.15, 0.2) is 0 Å². The molecule has 0 fully saturated rings.